The molecule has 0 saturated heterocycles. The second-order valence-electron chi connectivity index (χ2n) is 7.80. The number of carbonyl (C=O) groups is 1. The van der Waals surface area contributed by atoms with E-state index in [-0.39, 0.29) is 24.8 Å². The Kier molecular flexibility index (Phi) is 7.77. The Morgan fingerprint density at radius 2 is 2.12 bits per heavy atom. The molecule has 3 N–H and O–H groups in total. The number of carbonyl (C=O) groups excluding carboxylic acids is 1. The fourth-order valence-electron chi connectivity index (χ4n) is 3.38. The van der Waals surface area contributed by atoms with E-state index in [2.05, 4.69) is 24.1 Å². The van der Waals surface area contributed by atoms with E-state index >= 15 is 0 Å². The van der Waals surface area contributed by atoms with Gasteiger partial charge >= 0.3 is 6.09 Å². The average Bonchev–Trinajstić information content (AvgIpc) is 3.04. The van der Waals surface area contributed by atoms with E-state index in [1.54, 1.807) is 24.5 Å². The molecule has 2 aromatic rings. The molecule has 0 fully saturated rings. The Hall–Kier alpha value is -3.31. The van der Waals surface area contributed by atoms with Crippen molar-refractivity contribution < 1.29 is 19.2 Å². The number of hydrogen-bond acceptors (Lipinski definition) is 9. The summed E-state index contributed by atoms with van der Waals surface area (Å²) in [6.07, 6.45) is 2.62. The number of primary amides is 1. The summed E-state index contributed by atoms with van der Waals surface area (Å²) >= 11 is 1.43. The molecule has 0 radical (unpaired) electrons. The number of pyridine rings is 1. The van der Waals surface area contributed by atoms with Crippen LogP contribution in [0.3, 0.4) is 0 Å². The van der Waals surface area contributed by atoms with Gasteiger partial charge in [-0.1, -0.05) is 37.7 Å². The fourth-order valence-corrected chi connectivity index (χ4v) is 4.67. The summed E-state index contributed by atoms with van der Waals surface area (Å²) in [6, 6.07) is 10.3. The van der Waals surface area contributed by atoms with E-state index in [0.29, 0.717) is 6.54 Å². The highest BCUT2D eigenvalue weighted by Gasteiger charge is 2.43. The Balaban J connectivity index is 1.94. The van der Waals surface area contributed by atoms with Crippen LogP contribution in [0.4, 0.5) is 10.5 Å². The van der Waals surface area contributed by atoms with E-state index in [1.165, 1.54) is 17.8 Å². The number of nitro benzene ring substituents is 1. The quantitative estimate of drug-likeness (QED) is 0.300. The number of non-ortho nitro benzene ring substituents is 1. The monoisotopic (exact) mass is 473 g/mol. The van der Waals surface area contributed by atoms with Crippen molar-refractivity contribution in [1.82, 2.24) is 15.2 Å². The van der Waals surface area contributed by atoms with Crippen LogP contribution in [0.2, 0.25) is 0 Å². The summed E-state index contributed by atoms with van der Waals surface area (Å²) in [5.74, 6) is -0.839. The van der Waals surface area contributed by atoms with Crippen LogP contribution in [0, 0.1) is 16.0 Å². The first-order valence-electron chi connectivity index (χ1n) is 10.4. The minimum Gasteiger partial charge on any atom is -0.447 e. The number of rotatable bonds is 10. The van der Waals surface area contributed by atoms with Crippen LogP contribution < -0.4 is 11.1 Å². The van der Waals surface area contributed by atoms with Crippen molar-refractivity contribution in [2.24, 2.45) is 11.7 Å². The fraction of sp³-hybridized carbons (Fsp3) is 0.364. The van der Waals surface area contributed by atoms with Gasteiger partial charge in [-0.25, -0.2) is 4.79 Å². The number of allylic oxidation sites excluding steroid dienone is 1. The van der Waals surface area contributed by atoms with E-state index < -0.39 is 16.9 Å². The SMILES string of the molecule is CC(C)C1=C(Sc2cccc([N+](=O)[O-])c2)N(Cc2cccnc2)C(C)(OCCOC(N)=O)N1. The molecule has 1 aliphatic rings. The predicted molar refractivity (Wildman–Crippen MR) is 124 cm³/mol. The van der Waals surface area contributed by atoms with Crippen molar-refractivity contribution in [1.29, 1.82) is 0 Å². The van der Waals surface area contributed by atoms with Gasteiger partial charge in [-0.05, 0) is 23.6 Å². The highest BCUT2D eigenvalue weighted by molar-refractivity contribution is 8.03. The Bertz CT molecular complexity index is 1030. The van der Waals surface area contributed by atoms with Crippen LogP contribution in [-0.4, -0.2) is 40.0 Å². The molecule has 1 aromatic heterocycles. The average molecular weight is 474 g/mol. The highest BCUT2D eigenvalue weighted by Crippen LogP contribution is 2.43. The Morgan fingerprint density at radius 1 is 1.33 bits per heavy atom. The Morgan fingerprint density at radius 3 is 2.76 bits per heavy atom. The lowest BCUT2D eigenvalue weighted by Gasteiger charge is -2.38. The third-order valence-corrected chi connectivity index (χ3v) is 6.08. The number of benzene rings is 1. The topological polar surface area (TPSA) is 133 Å². The smallest absolute Gasteiger partial charge is 0.404 e. The first-order chi connectivity index (χ1) is 15.7. The van der Waals surface area contributed by atoms with E-state index in [1.807, 2.05) is 30.0 Å². The summed E-state index contributed by atoms with van der Waals surface area (Å²) in [4.78, 5) is 28.7. The molecule has 0 saturated carbocycles. The molecule has 1 aromatic carbocycles. The van der Waals surface area contributed by atoms with Crippen molar-refractivity contribution in [3.8, 4) is 0 Å². The largest absolute Gasteiger partial charge is 0.447 e. The zero-order chi connectivity index (χ0) is 24.0. The second-order valence-corrected chi connectivity index (χ2v) is 8.86. The number of nitro groups is 1. The molecular formula is C22H27N5O5S. The zero-order valence-electron chi connectivity index (χ0n) is 18.7. The van der Waals surface area contributed by atoms with Crippen molar-refractivity contribution in [2.45, 2.75) is 38.1 Å². The van der Waals surface area contributed by atoms with Crippen LogP contribution in [0.25, 0.3) is 0 Å². The summed E-state index contributed by atoms with van der Waals surface area (Å²) in [5.41, 5.74) is 6.97. The number of thioether (sulfide) groups is 1. The number of nitrogens with two attached hydrogens (primary N) is 1. The molecule has 11 heteroatoms. The number of aromatic nitrogens is 1. The van der Waals surface area contributed by atoms with Crippen LogP contribution in [0.5, 0.6) is 0 Å². The number of hydrogen-bond donors (Lipinski definition) is 2. The highest BCUT2D eigenvalue weighted by atomic mass is 32.2. The van der Waals surface area contributed by atoms with Gasteiger partial charge in [-0.3, -0.25) is 15.1 Å². The van der Waals surface area contributed by atoms with Crippen LogP contribution in [0.15, 0.2) is 64.4 Å². The molecule has 1 aliphatic heterocycles. The molecule has 1 unspecified atom stereocenters. The lowest BCUT2D eigenvalue weighted by Crippen LogP contribution is -2.52. The van der Waals surface area contributed by atoms with E-state index in [0.717, 1.165) is 21.2 Å². The molecule has 2 heterocycles. The van der Waals surface area contributed by atoms with E-state index in [9.17, 15) is 14.9 Å². The van der Waals surface area contributed by atoms with Gasteiger partial charge in [-0.2, -0.15) is 0 Å². The van der Waals surface area contributed by atoms with Gasteiger partial charge in [0, 0.05) is 48.6 Å². The zero-order valence-corrected chi connectivity index (χ0v) is 19.5. The first kappa shape index (κ1) is 24.3. The molecule has 0 spiro atoms. The lowest BCUT2D eigenvalue weighted by atomic mass is 10.1. The molecule has 33 heavy (non-hydrogen) atoms. The molecule has 3 rings (SSSR count). The summed E-state index contributed by atoms with van der Waals surface area (Å²) in [7, 11) is 0. The van der Waals surface area contributed by atoms with Crippen molar-refractivity contribution >= 4 is 23.5 Å². The molecule has 0 aliphatic carbocycles. The third-order valence-electron chi connectivity index (χ3n) is 4.95. The van der Waals surface area contributed by atoms with Gasteiger partial charge in [0.05, 0.1) is 16.6 Å². The lowest BCUT2D eigenvalue weighted by molar-refractivity contribution is -0.385. The minimum absolute atomic E-state index is 0.0116. The first-order valence-corrected chi connectivity index (χ1v) is 11.2. The van der Waals surface area contributed by atoms with Crippen molar-refractivity contribution in [3.63, 3.8) is 0 Å². The third kappa shape index (κ3) is 6.14. The maximum absolute atomic E-state index is 11.3. The molecule has 1 amide bonds. The van der Waals surface area contributed by atoms with E-state index in [4.69, 9.17) is 15.2 Å². The number of amides is 1. The minimum atomic E-state index is -0.959. The normalized spacial score (nSPS) is 17.9. The predicted octanol–water partition coefficient (Wildman–Crippen LogP) is 3.80. The molecule has 176 valence electrons. The maximum atomic E-state index is 11.3. The van der Waals surface area contributed by atoms with Gasteiger partial charge in [0.25, 0.3) is 5.69 Å². The van der Waals surface area contributed by atoms with Gasteiger partial charge in [-0.15, -0.1) is 0 Å². The number of ether oxygens (including phenoxy) is 2. The van der Waals surface area contributed by atoms with Gasteiger partial charge in [0.1, 0.15) is 6.61 Å². The van der Waals surface area contributed by atoms with Crippen molar-refractivity contribution in [2.75, 3.05) is 13.2 Å². The van der Waals surface area contributed by atoms with Gasteiger partial charge in [0.2, 0.25) is 5.85 Å². The maximum Gasteiger partial charge on any atom is 0.404 e. The summed E-state index contributed by atoms with van der Waals surface area (Å²) in [6.45, 7) is 6.60. The summed E-state index contributed by atoms with van der Waals surface area (Å²) in [5, 5.41) is 15.6. The molecular weight excluding hydrogens is 446 g/mol. The number of nitrogens with zero attached hydrogens (tertiary/aromatic N) is 3. The molecule has 1 atom stereocenters. The van der Waals surface area contributed by atoms with Crippen LogP contribution >= 0.6 is 11.8 Å². The molecule has 10 nitrogen and oxygen atoms in total. The van der Waals surface area contributed by atoms with Gasteiger partial charge < -0.3 is 25.4 Å². The van der Waals surface area contributed by atoms with Crippen molar-refractivity contribution in [3.05, 3.63) is 75.2 Å². The summed E-state index contributed by atoms with van der Waals surface area (Å²) < 4.78 is 10.9. The molecule has 0 bridgehead atoms. The second kappa shape index (κ2) is 10.5. The Labute approximate surface area is 196 Å². The van der Waals surface area contributed by atoms with Gasteiger partial charge in [0.15, 0.2) is 0 Å². The van der Waals surface area contributed by atoms with Crippen LogP contribution in [-0.2, 0) is 16.0 Å². The van der Waals surface area contributed by atoms with Crippen LogP contribution in [0.1, 0.15) is 26.3 Å². The standard InChI is InChI=1S/C22H27N5O5S/c1-15(2)19-20(33-18-8-4-7-17(12-18)27(29)30)26(14-16-6-5-9-24-13-16)22(3,25-19)32-11-10-31-21(23)28/h4-9,12-13,15,25H,10-11,14H2,1-3H3,(H2,23,28). The number of nitrogens with one attached hydrogen (secondary N) is 1.